The van der Waals surface area contributed by atoms with E-state index in [9.17, 15) is 0 Å². The number of fused-ring (bicyclic) bond motifs is 1. The summed E-state index contributed by atoms with van der Waals surface area (Å²) in [4.78, 5) is 0. The molecule has 0 spiro atoms. The first-order chi connectivity index (χ1) is 7.92. The molecule has 1 unspecified atom stereocenters. The van der Waals surface area contributed by atoms with E-state index < -0.39 is 0 Å². The molecule has 1 atom stereocenters. The van der Waals surface area contributed by atoms with Crippen LogP contribution < -0.4 is 10.1 Å². The highest BCUT2D eigenvalue weighted by molar-refractivity contribution is 5.40. The van der Waals surface area contributed by atoms with E-state index in [-0.39, 0.29) is 0 Å². The van der Waals surface area contributed by atoms with E-state index in [1.54, 1.807) is 0 Å². The second-order valence-corrected chi connectivity index (χ2v) is 4.44. The van der Waals surface area contributed by atoms with Crippen LogP contribution in [0.3, 0.4) is 0 Å². The fraction of sp³-hybridized carbons (Fsp3) is 0.538. The summed E-state index contributed by atoms with van der Waals surface area (Å²) in [6.07, 6.45) is 2.38. The Balaban J connectivity index is 1.69. The Morgan fingerprint density at radius 2 is 2.31 bits per heavy atom. The molecule has 86 valence electrons. The standard InChI is InChI=1S/C13H17NO2/c1-2-13-11(3-5-16-13)7-10(1)8-12-9-14-4-6-15-12/h1-2,7,12,14H,3-6,8-9H2. The molecular formula is C13H17NO2. The first-order valence-electron chi connectivity index (χ1n) is 5.99. The molecule has 1 N–H and O–H groups in total. The lowest BCUT2D eigenvalue weighted by Crippen LogP contribution is -2.39. The molecule has 0 bridgehead atoms. The van der Waals surface area contributed by atoms with Gasteiger partial charge in [0.2, 0.25) is 0 Å². The van der Waals surface area contributed by atoms with E-state index >= 15 is 0 Å². The van der Waals surface area contributed by atoms with E-state index in [4.69, 9.17) is 9.47 Å². The van der Waals surface area contributed by atoms with Crippen LogP contribution in [-0.4, -0.2) is 32.4 Å². The maximum absolute atomic E-state index is 5.71. The van der Waals surface area contributed by atoms with Crippen molar-refractivity contribution < 1.29 is 9.47 Å². The molecule has 3 rings (SSSR count). The van der Waals surface area contributed by atoms with Crippen molar-refractivity contribution in [2.24, 2.45) is 0 Å². The second-order valence-electron chi connectivity index (χ2n) is 4.44. The highest BCUT2D eigenvalue weighted by Crippen LogP contribution is 2.26. The van der Waals surface area contributed by atoms with Gasteiger partial charge in [-0.15, -0.1) is 0 Å². The molecular weight excluding hydrogens is 202 g/mol. The first kappa shape index (κ1) is 10.1. The predicted molar refractivity (Wildman–Crippen MR) is 62.0 cm³/mol. The summed E-state index contributed by atoms with van der Waals surface area (Å²) in [6.45, 7) is 3.61. The SMILES string of the molecule is c1cc2c(cc1CC1CNCCO1)CCO2. The van der Waals surface area contributed by atoms with Gasteiger partial charge < -0.3 is 14.8 Å². The van der Waals surface area contributed by atoms with Crippen LogP contribution in [0, 0.1) is 0 Å². The van der Waals surface area contributed by atoms with Crippen LogP contribution in [0.4, 0.5) is 0 Å². The van der Waals surface area contributed by atoms with Crippen LogP contribution in [0.25, 0.3) is 0 Å². The summed E-state index contributed by atoms with van der Waals surface area (Å²) >= 11 is 0. The third-order valence-electron chi connectivity index (χ3n) is 3.22. The molecule has 0 aromatic heterocycles. The van der Waals surface area contributed by atoms with Crippen LogP contribution in [-0.2, 0) is 17.6 Å². The van der Waals surface area contributed by atoms with Crippen molar-refractivity contribution in [3.05, 3.63) is 29.3 Å². The summed E-state index contributed by atoms with van der Waals surface area (Å²) in [6, 6.07) is 6.51. The van der Waals surface area contributed by atoms with Gasteiger partial charge in [0.25, 0.3) is 0 Å². The van der Waals surface area contributed by atoms with Gasteiger partial charge in [-0.2, -0.15) is 0 Å². The number of hydrogen-bond acceptors (Lipinski definition) is 3. The summed E-state index contributed by atoms with van der Waals surface area (Å²) in [5.74, 6) is 1.06. The lowest BCUT2D eigenvalue weighted by Gasteiger charge is -2.23. The fourth-order valence-electron chi connectivity index (χ4n) is 2.38. The van der Waals surface area contributed by atoms with Crippen molar-refractivity contribution in [1.29, 1.82) is 0 Å². The largest absolute Gasteiger partial charge is 0.493 e. The van der Waals surface area contributed by atoms with Gasteiger partial charge in [-0.05, 0) is 23.6 Å². The Morgan fingerprint density at radius 3 is 3.19 bits per heavy atom. The highest BCUT2D eigenvalue weighted by Gasteiger charge is 2.16. The van der Waals surface area contributed by atoms with Crippen molar-refractivity contribution in [2.75, 3.05) is 26.3 Å². The smallest absolute Gasteiger partial charge is 0.122 e. The van der Waals surface area contributed by atoms with Gasteiger partial charge in [0.05, 0.1) is 19.3 Å². The summed E-state index contributed by atoms with van der Waals surface area (Å²) in [7, 11) is 0. The third kappa shape index (κ3) is 2.06. The maximum atomic E-state index is 5.71. The average molecular weight is 219 g/mol. The van der Waals surface area contributed by atoms with Gasteiger partial charge in [-0.1, -0.05) is 12.1 Å². The number of hydrogen-bond donors (Lipinski definition) is 1. The molecule has 1 saturated heterocycles. The third-order valence-corrected chi connectivity index (χ3v) is 3.22. The van der Waals surface area contributed by atoms with E-state index in [2.05, 4.69) is 23.5 Å². The van der Waals surface area contributed by atoms with Crippen LogP contribution in [0.2, 0.25) is 0 Å². The molecule has 0 radical (unpaired) electrons. The minimum absolute atomic E-state index is 0.328. The molecule has 2 aliphatic heterocycles. The zero-order valence-corrected chi connectivity index (χ0v) is 9.37. The lowest BCUT2D eigenvalue weighted by atomic mass is 10.0. The van der Waals surface area contributed by atoms with Crippen LogP contribution >= 0.6 is 0 Å². The van der Waals surface area contributed by atoms with Gasteiger partial charge in [-0.25, -0.2) is 0 Å². The Morgan fingerprint density at radius 1 is 1.31 bits per heavy atom. The van der Waals surface area contributed by atoms with E-state index in [0.717, 1.165) is 44.9 Å². The summed E-state index contributed by atoms with van der Waals surface area (Å²) in [5.41, 5.74) is 2.71. The summed E-state index contributed by atoms with van der Waals surface area (Å²) < 4.78 is 11.2. The van der Waals surface area contributed by atoms with E-state index in [1.807, 2.05) is 0 Å². The van der Waals surface area contributed by atoms with Crippen molar-refractivity contribution >= 4 is 0 Å². The molecule has 1 fully saturated rings. The van der Waals surface area contributed by atoms with Gasteiger partial charge in [0, 0.05) is 19.5 Å². The normalized spacial score (nSPS) is 23.9. The fourth-order valence-corrected chi connectivity index (χ4v) is 2.38. The molecule has 0 saturated carbocycles. The van der Waals surface area contributed by atoms with Crippen molar-refractivity contribution in [1.82, 2.24) is 5.32 Å². The monoisotopic (exact) mass is 219 g/mol. The first-order valence-corrected chi connectivity index (χ1v) is 5.99. The molecule has 3 nitrogen and oxygen atoms in total. The number of morpholine rings is 1. The molecule has 3 heteroatoms. The zero-order chi connectivity index (χ0) is 10.8. The number of ether oxygens (including phenoxy) is 2. The Kier molecular flexibility index (Phi) is 2.80. The Hall–Kier alpha value is -1.06. The number of benzene rings is 1. The van der Waals surface area contributed by atoms with Gasteiger partial charge in [0.15, 0.2) is 0 Å². The minimum atomic E-state index is 0.328. The van der Waals surface area contributed by atoms with Gasteiger partial charge in [0.1, 0.15) is 5.75 Å². The molecule has 2 aliphatic rings. The van der Waals surface area contributed by atoms with Gasteiger partial charge >= 0.3 is 0 Å². The number of nitrogens with one attached hydrogen (secondary N) is 1. The van der Waals surface area contributed by atoms with Crippen molar-refractivity contribution in [2.45, 2.75) is 18.9 Å². The number of rotatable bonds is 2. The average Bonchev–Trinajstić information content (AvgIpc) is 2.77. The predicted octanol–water partition coefficient (Wildman–Crippen LogP) is 1.15. The maximum Gasteiger partial charge on any atom is 0.122 e. The Bertz CT molecular complexity index is 372. The van der Waals surface area contributed by atoms with E-state index in [0.29, 0.717) is 6.10 Å². The molecule has 16 heavy (non-hydrogen) atoms. The molecule has 0 aliphatic carbocycles. The molecule has 1 aromatic rings. The van der Waals surface area contributed by atoms with Crippen LogP contribution in [0.5, 0.6) is 5.75 Å². The van der Waals surface area contributed by atoms with E-state index in [1.165, 1.54) is 11.1 Å². The van der Waals surface area contributed by atoms with Crippen LogP contribution in [0.1, 0.15) is 11.1 Å². The molecule has 1 aromatic carbocycles. The topological polar surface area (TPSA) is 30.5 Å². The second kappa shape index (κ2) is 4.44. The minimum Gasteiger partial charge on any atom is -0.493 e. The van der Waals surface area contributed by atoms with Crippen molar-refractivity contribution in [3.8, 4) is 5.75 Å². The van der Waals surface area contributed by atoms with Gasteiger partial charge in [-0.3, -0.25) is 0 Å². The Labute approximate surface area is 95.8 Å². The lowest BCUT2D eigenvalue weighted by molar-refractivity contribution is 0.0292. The van der Waals surface area contributed by atoms with Crippen molar-refractivity contribution in [3.63, 3.8) is 0 Å². The molecule has 2 heterocycles. The highest BCUT2D eigenvalue weighted by atomic mass is 16.5. The zero-order valence-electron chi connectivity index (χ0n) is 9.37. The summed E-state index contributed by atoms with van der Waals surface area (Å²) in [5, 5.41) is 3.36. The quantitative estimate of drug-likeness (QED) is 0.809. The van der Waals surface area contributed by atoms with Crippen LogP contribution in [0.15, 0.2) is 18.2 Å². The molecule has 0 amide bonds.